The van der Waals surface area contributed by atoms with Gasteiger partial charge in [-0.2, -0.15) is 11.8 Å². The first-order valence-corrected chi connectivity index (χ1v) is 9.61. The number of hydrogen-bond donors (Lipinski definition) is 0. The summed E-state index contributed by atoms with van der Waals surface area (Å²) in [7, 11) is 0. The lowest BCUT2D eigenvalue weighted by Gasteiger charge is -2.30. The van der Waals surface area contributed by atoms with E-state index in [1.165, 1.54) is 42.6 Å². The molecule has 0 N–H and O–H groups in total. The Labute approximate surface area is 136 Å². The van der Waals surface area contributed by atoms with Crippen molar-refractivity contribution in [3.8, 4) is 0 Å². The molecule has 1 saturated carbocycles. The van der Waals surface area contributed by atoms with Crippen LogP contribution >= 0.6 is 23.4 Å². The molecule has 0 unspecified atom stereocenters. The van der Waals surface area contributed by atoms with E-state index in [4.69, 9.17) is 16.6 Å². The van der Waals surface area contributed by atoms with E-state index in [1.54, 1.807) is 0 Å². The lowest BCUT2D eigenvalue weighted by atomic mass is 9.94. The number of thioether (sulfide) groups is 1. The Balaban J connectivity index is 1.97. The fourth-order valence-electron chi connectivity index (χ4n) is 3.47. The summed E-state index contributed by atoms with van der Waals surface area (Å²) in [6.45, 7) is 2.13. The van der Waals surface area contributed by atoms with Crippen molar-refractivity contribution in [1.82, 2.24) is 9.55 Å². The summed E-state index contributed by atoms with van der Waals surface area (Å²) in [5, 5.41) is 0.842. The summed E-state index contributed by atoms with van der Waals surface area (Å²) < 4.78 is 2.48. The third kappa shape index (κ3) is 3.09. The van der Waals surface area contributed by atoms with Crippen molar-refractivity contribution in [1.29, 1.82) is 0 Å². The lowest BCUT2D eigenvalue weighted by Crippen LogP contribution is -2.21. The van der Waals surface area contributed by atoms with Gasteiger partial charge in [0.15, 0.2) is 0 Å². The van der Waals surface area contributed by atoms with Gasteiger partial charge in [0.05, 0.1) is 11.0 Å². The topological polar surface area (TPSA) is 17.8 Å². The van der Waals surface area contributed by atoms with Crippen LogP contribution < -0.4 is 0 Å². The van der Waals surface area contributed by atoms with E-state index >= 15 is 0 Å². The van der Waals surface area contributed by atoms with E-state index in [9.17, 15) is 0 Å². The van der Waals surface area contributed by atoms with E-state index in [0.717, 1.165) is 17.2 Å². The van der Waals surface area contributed by atoms with Gasteiger partial charge in [0.25, 0.3) is 0 Å². The number of alkyl halides is 1. The molecule has 0 bridgehead atoms. The first-order valence-electron chi connectivity index (χ1n) is 7.79. The summed E-state index contributed by atoms with van der Waals surface area (Å²) in [6.07, 6.45) is 8.26. The number of aryl methyl sites for hydroxylation is 2. The fraction of sp³-hybridized carbons (Fsp3) is 0.588. The molecule has 1 aliphatic rings. The molecule has 4 heteroatoms. The van der Waals surface area contributed by atoms with Gasteiger partial charge in [-0.1, -0.05) is 6.07 Å². The molecule has 2 aromatic rings. The van der Waals surface area contributed by atoms with Crippen LogP contribution in [0.4, 0.5) is 0 Å². The number of benzene rings is 1. The van der Waals surface area contributed by atoms with Gasteiger partial charge in [0.2, 0.25) is 0 Å². The molecule has 0 spiro atoms. The number of fused-ring (bicyclic) bond motifs is 1. The van der Waals surface area contributed by atoms with Crippen molar-refractivity contribution in [2.75, 3.05) is 12.1 Å². The van der Waals surface area contributed by atoms with E-state index in [0.29, 0.717) is 11.9 Å². The summed E-state index contributed by atoms with van der Waals surface area (Å²) >= 11 is 8.01. The first-order chi connectivity index (χ1) is 10.2. The number of aromatic nitrogens is 2. The molecule has 114 valence electrons. The zero-order valence-corrected chi connectivity index (χ0v) is 14.4. The maximum absolute atomic E-state index is 5.99. The molecule has 0 amide bonds. The quantitative estimate of drug-likeness (QED) is 0.739. The highest BCUT2D eigenvalue weighted by Gasteiger charge is 2.25. The standard InChI is InChI=1S/C17H23ClN2S/c1-12-3-8-16-15(11-12)19-17(9-10-18)20(16)13-4-6-14(21-2)7-5-13/h3,8,11,13-14H,4-7,9-10H2,1-2H3. The second-order valence-corrected chi connectivity index (χ2v) is 7.51. The van der Waals surface area contributed by atoms with Gasteiger partial charge in [-0.3, -0.25) is 0 Å². The molecule has 2 nitrogen and oxygen atoms in total. The minimum atomic E-state index is 0.597. The minimum Gasteiger partial charge on any atom is -0.325 e. The van der Waals surface area contributed by atoms with Crippen molar-refractivity contribution in [3.05, 3.63) is 29.6 Å². The highest BCUT2D eigenvalue weighted by atomic mass is 35.5. The second-order valence-electron chi connectivity index (χ2n) is 6.00. The molecule has 0 saturated heterocycles. The molecule has 21 heavy (non-hydrogen) atoms. The number of halogens is 1. The van der Waals surface area contributed by atoms with E-state index in [2.05, 4.69) is 35.9 Å². The zero-order valence-electron chi connectivity index (χ0n) is 12.8. The number of nitrogens with zero attached hydrogens (tertiary/aromatic N) is 2. The molecule has 0 aliphatic heterocycles. The van der Waals surface area contributed by atoms with Crippen molar-refractivity contribution in [2.45, 2.75) is 50.3 Å². The average molecular weight is 323 g/mol. The number of imidazole rings is 1. The molecule has 1 fully saturated rings. The van der Waals surface area contributed by atoms with Crippen molar-refractivity contribution >= 4 is 34.4 Å². The van der Waals surface area contributed by atoms with E-state index in [1.807, 2.05) is 11.8 Å². The molecular formula is C17H23ClN2S. The SMILES string of the molecule is CSC1CCC(n2c(CCCl)nc3cc(C)ccc32)CC1. The van der Waals surface area contributed by atoms with Crippen LogP contribution in [-0.2, 0) is 6.42 Å². The number of rotatable bonds is 4. The Morgan fingerprint density at radius 2 is 2.05 bits per heavy atom. The third-order valence-corrected chi connectivity index (χ3v) is 5.91. The summed E-state index contributed by atoms with van der Waals surface area (Å²) in [6, 6.07) is 7.21. The van der Waals surface area contributed by atoms with Gasteiger partial charge >= 0.3 is 0 Å². The zero-order chi connectivity index (χ0) is 14.8. The van der Waals surface area contributed by atoms with Crippen LogP contribution in [-0.4, -0.2) is 26.9 Å². The predicted molar refractivity (Wildman–Crippen MR) is 93.7 cm³/mol. The molecule has 1 aromatic heterocycles. The van der Waals surface area contributed by atoms with Crippen LogP contribution in [0.5, 0.6) is 0 Å². The van der Waals surface area contributed by atoms with Gasteiger partial charge in [0.1, 0.15) is 5.82 Å². The van der Waals surface area contributed by atoms with Crippen LogP contribution in [0, 0.1) is 6.92 Å². The van der Waals surface area contributed by atoms with Gasteiger partial charge in [0, 0.05) is 23.6 Å². The Kier molecular flexibility index (Phi) is 4.80. The van der Waals surface area contributed by atoms with Gasteiger partial charge in [-0.05, 0) is 56.6 Å². The molecule has 1 heterocycles. The van der Waals surface area contributed by atoms with Crippen molar-refractivity contribution in [3.63, 3.8) is 0 Å². The van der Waals surface area contributed by atoms with Crippen molar-refractivity contribution < 1.29 is 0 Å². The van der Waals surface area contributed by atoms with Gasteiger partial charge in [-0.15, -0.1) is 11.6 Å². The molecule has 0 atom stereocenters. The Bertz CT molecular complexity index is 615. The summed E-state index contributed by atoms with van der Waals surface area (Å²) in [5.74, 6) is 1.81. The molecule has 1 aliphatic carbocycles. The predicted octanol–water partition coefficient (Wildman–Crippen LogP) is 4.97. The van der Waals surface area contributed by atoms with Crippen LogP contribution in [0.15, 0.2) is 18.2 Å². The highest BCUT2D eigenvalue weighted by molar-refractivity contribution is 7.99. The highest BCUT2D eigenvalue weighted by Crippen LogP contribution is 2.36. The normalized spacial score (nSPS) is 22.8. The summed E-state index contributed by atoms with van der Waals surface area (Å²) in [5.41, 5.74) is 3.69. The van der Waals surface area contributed by atoms with Crippen LogP contribution in [0.1, 0.15) is 43.1 Å². The molecular weight excluding hydrogens is 300 g/mol. The van der Waals surface area contributed by atoms with Crippen LogP contribution in [0.25, 0.3) is 11.0 Å². The van der Waals surface area contributed by atoms with Crippen LogP contribution in [0.2, 0.25) is 0 Å². The fourth-order valence-corrected chi connectivity index (χ4v) is 4.38. The number of hydrogen-bond acceptors (Lipinski definition) is 2. The molecule has 1 aromatic carbocycles. The molecule has 3 rings (SSSR count). The Hall–Kier alpha value is -0.670. The van der Waals surface area contributed by atoms with Gasteiger partial charge < -0.3 is 4.57 Å². The molecule has 0 radical (unpaired) electrons. The van der Waals surface area contributed by atoms with E-state index < -0.39 is 0 Å². The first kappa shape index (κ1) is 15.2. The maximum atomic E-state index is 5.99. The van der Waals surface area contributed by atoms with E-state index in [-0.39, 0.29) is 0 Å². The largest absolute Gasteiger partial charge is 0.325 e. The Morgan fingerprint density at radius 3 is 2.71 bits per heavy atom. The smallest absolute Gasteiger partial charge is 0.111 e. The third-order valence-electron chi connectivity index (χ3n) is 4.58. The summed E-state index contributed by atoms with van der Waals surface area (Å²) in [4.78, 5) is 4.85. The monoisotopic (exact) mass is 322 g/mol. The maximum Gasteiger partial charge on any atom is 0.111 e. The van der Waals surface area contributed by atoms with Gasteiger partial charge in [-0.25, -0.2) is 4.98 Å². The second kappa shape index (κ2) is 6.62. The minimum absolute atomic E-state index is 0.597. The van der Waals surface area contributed by atoms with Crippen LogP contribution in [0.3, 0.4) is 0 Å². The lowest BCUT2D eigenvalue weighted by molar-refractivity contribution is 0.359. The average Bonchev–Trinajstić information content (AvgIpc) is 2.85. The Morgan fingerprint density at radius 1 is 1.29 bits per heavy atom. The van der Waals surface area contributed by atoms with Crippen molar-refractivity contribution in [2.24, 2.45) is 0 Å².